The Labute approximate surface area is 156 Å². The van der Waals surface area contributed by atoms with Crippen LogP contribution in [0.4, 0.5) is 5.69 Å². The molecule has 1 saturated heterocycles. The number of anilines is 1. The number of amides is 1. The van der Waals surface area contributed by atoms with Crippen molar-refractivity contribution >= 4 is 22.9 Å². The van der Waals surface area contributed by atoms with E-state index in [9.17, 15) is 4.79 Å². The van der Waals surface area contributed by atoms with E-state index in [1.54, 1.807) is 12.4 Å². The van der Waals surface area contributed by atoms with Gasteiger partial charge in [0.05, 0.1) is 0 Å². The van der Waals surface area contributed by atoms with Gasteiger partial charge in [0.1, 0.15) is 10.7 Å². The first-order chi connectivity index (χ1) is 12.7. The Morgan fingerprint density at radius 2 is 1.96 bits per heavy atom. The normalized spacial score (nSPS) is 14.5. The van der Waals surface area contributed by atoms with E-state index >= 15 is 0 Å². The molecule has 1 aliphatic rings. The molecule has 4 rings (SSSR count). The summed E-state index contributed by atoms with van der Waals surface area (Å²) in [5.74, 6) is 0.0142. The van der Waals surface area contributed by atoms with Gasteiger partial charge in [-0.3, -0.25) is 9.78 Å². The minimum atomic E-state index is 0.0142. The molecule has 1 fully saturated rings. The number of carbonyl (C=O) groups excluding carboxylic acids is 1. The summed E-state index contributed by atoms with van der Waals surface area (Å²) in [4.78, 5) is 25.6. The van der Waals surface area contributed by atoms with Crippen molar-refractivity contribution < 1.29 is 4.79 Å². The molecule has 0 atom stereocenters. The van der Waals surface area contributed by atoms with Crippen LogP contribution < -0.4 is 4.90 Å². The fraction of sp³-hybridized carbons (Fsp3) is 0.250. The number of aryl methyl sites for hydroxylation is 1. The second-order valence-electron chi connectivity index (χ2n) is 6.40. The van der Waals surface area contributed by atoms with Crippen molar-refractivity contribution in [3.63, 3.8) is 0 Å². The highest BCUT2D eigenvalue weighted by molar-refractivity contribution is 7.13. The van der Waals surface area contributed by atoms with Crippen molar-refractivity contribution in [1.29, 1.82) is 0 Å². The van der Waals surface area contributed by atoms with Crippen LogP contribution in [-0.2, 0) is 0 Å². The molecule has 1 aromatic carbocycles. The van der Waals surface area contributed by atoms with E-state index in [4.69, 9.17) is 0 Å². The summed E-state index contributed by atoms with van der Waals surface area (Å²) in [6.07, 6.45) is 3.50. The summed E-state index contributed by atoms with van der Waals surface area (Å²) < 4.78 is 0. The third-order valence-corrected chi connectivity index (χ3v) is 5.46. The Bertz CT molecular complexity index is 901. The average Bonchev–Trinajstić information content (AvgIpc) is 3.18. The van der Waals surface area contributed by atoms with Gasteiger partial charge >= 0.3 is 0 Å². The molecule has 0 saturated carbocycles. The van der Waals surface area contributed by atoms with E-state index in [2.05, 4.69) is 46.1 Å². The quantitative estimate of drug-likeness (QED) is 0.714. The van der Waals surface area contributed by atoms with Crippen molar-refractivity contribution in [2.75, 3.05) is 31.1 Å². The van der Waals surface area contributed by atoms with E-state index in [-0.39, 0.29) is 5.91 Å². The standard InChI is InChI=1S/C20H20N4OS/c1-15-4-2-6-17(12-15)23-8-10-24(11-9-23)20(25)18-14-26-19(22-18)16-5-3-7-21-13-16/h2-7,12-14H,8-11H2,1H3. The number of aromatic nitrogens is 2. The molecular formula is C20H20N4OS. The molecule has 3 aromatic rings. The van der Waals surface area contributed by atoms with Crippen LogP contribution in [0.5, 0.6) is 0 Å². The summed E-state index contributed by atoms with van der Waals surface area (Å²) in [5, 5.41) is 2.68. The number of hydrogen-bond acceptors (Lipinski definition) is 5. The molecule has 1 amide bonds. The highest BCUT2D eigenvalue weighted by Crippen LogP contribution is 2.24. The zero-order valence-electron chi connectivity index (χ0n) is 14.6. The molecule has 0 aliphatic carbocycles. The maximum Gasteiger partial charge on any atom is 0.273 e. The van der Waals surface area contributed by atoms with Crippen molar-refractivity contribution in [2.45, 2.75) is 6.92 Å². The smallest absolute Gasteiger partial charge is 0.273 e. The van der Waals surface area contributed by atoms with E-state index in [1.165, 1.54) is 22.6 Å². The first-order valence-corrected chi connectivity index (χ1v) is 9.55. The maximum absolute atomic E-state index is 12.8. The Balaban J connectivity index is 1.42. The fourth-order valence-corrected chi connectivity index (χ4v) is 3.93. The van der Waals surface area contributed by atoms with Gasteiger partial charge in [-0.05, 0) is 36.8 Å². The van der Waals surface area contributed by atoms with Crippen molar-refractivity contribution in [2.24, 2.45) is 0 Å². The van der Waals surface area contributed by atoms with Gasteiger partial charge in [-0.15, -0.1) is 11.3 Å². The Kier molecular flexibility index (Phi) is 4.67. The van der Waals surface area contributed by atoms with Gasteiger partial charge in [-0.1, -0.05) is 12.1 Å². The van der Waals surface area contributed by atoms with Gasteiger partial charge in [0.25, 0.3) is 5.91 Å². The SMILES string of the molecule is Cc1cccc(N2CCN(C(=O)c3csc(-c4cccnc4)n3)CC2)c1. The van der Waals surface area contributed by atoms with Gasteiger partial charge in [-0.25, -0.2) is 4.98 Å². The number of hydrogen-bond donors (Lipinski definition) is 0. The Morgan fingerprint density at radius 3 is 2.69 bits per heavy atom. The second-order valence-corrected chi connectivity index (χ2v) is 7.26. The van der Waals surface area contributed by atoms with Crippen LogP contribution in [0.1, 0.15) is 16.1 Å². The van der Waals surface area contributed by atoms with Gasteiger partial charge in [0.2, 0.25) is 0 Å². The Hall–Kier alpha value is -2.73. The lowest BCUT2D eigenvalue weighted by Gasteiger charge is -2.36. The number of piperazine rings is 1. The first-order valence-electron chi connectivity index (χ1n) is 8.67. The topological polar surface area (TPSA) is 49.3 Å². The second kappa shape index (κ2) is 7.25. The van der Waals surface area contributed by atoms with Gasteiger partial charge in [-0.2, -0.15) is 0 Å². The number of carbonyl (C=O) groups is 1. The largest absolute Gasteiger partial charge is 0.368 e. The molecule has 26 heavy (non-hydrogen) atoms. The van der Waals surface area contributed by atoms with E-state index in [1.807, 2.05) is 22.4 Å². The van der Waals surface area contributed by atoms with Gasteiger partial charge in [0, 0.05) is 55.2 Å². The van der Waals surface area contributed by atoms with Crippen molar-refractivity contribution in [3.8, 4) is 10.6 Å². The molecule has 6 heteroatoms. The van der Waals surface area contributed by atoms with E-state index < -0.39 is 0 Å². The average molecular weight is 364 g/mol. The molecule has 0 unspecified atom stereocenters. The lowest BCUT2D eigenvalue weighted by Crippen LogP contribution is -2.48. The number of pyridine rings is 1. The molecule has 0 spiro atoms. The lowest BCUT2D eigenvalue weighted by atomic mass is 10.2. The highest BCUT2D eigenvalue weighted by Gasteiger charge is 2.24. The van der Waals surface area contributed by atoms with Gasteiger partial charge < -0.3 is 9.80 Å². The zero-order chi connectivity index (χ0) is 17.9. The minimum Gasteiger partial charge on any atom is -0.368 e. The van der Waals surface area contributed by atoms with E-state index in [0.717, 1.165) is 23.7 Å². The highest BCUT2D eigenvalue weighted by atomic mass is 32.1. The van der Waals surface area contributed by atoms with Crippen LogP contribution in [0.15, 0.2) is 54.2 Å². The molecule has 1 aliphatic heterocycles. The van der Waals surface area contributed by atoms with Crippen LogP contribution in [0, 0.1) is 6.92 Å². The Morgan fingerprint density at radius 1 is 1.12 bits per heavy atom. The predicted octanol–water partition coefficient (Wildman–Crippen LogP) is 3.48. The maximum atomic E-state index is 12.8. The molecule has 5 nitrogen and oxygen atoms in total. The molecule has 0 N–H and O–H groups in total. The van der Waals surface area contributed by atoms with Crippen LogP contribution >= 0.6 is 11.3 Å². The predicted molar refractivity (Wildman–Crippen MR) is 105 cm³/mol. The summed E-state index contributed by atoms with van der Waals surface area (Å²) >= 11 is 1.48. The summed E-state index contributed by atoms with van der Waals surface area (Å²) in [7, 11) is 0. The van der Waals surface area contributed by atoms with Crippen LogP contribution in [0.3, 0.4) is 0 Å². The molecule has 0 radical (unpaired) electrons. The minimum absolute atomic E-state index is 0.0142. The zero-order valence-corrected chi connectivity index (χ0v) is 15.4. The summed E-state index contributed by atoms with van der Waals surface area (Å²) in [6.45, 7) is 5.22. The third-order valence-electron chi connectivity index (χ3n) is 4.57. The number of thiazole rings is 1. The number of rotatable bonds is 3. The molecular weight excluding hydrogens is 344 g/mol. The fourth-order valence-electron chi connectivity index (χ4n) is 3.15. The molecule has 0 bridgehead atoms. The molecule has 3 heterocycles. The van der Waals surface area contributed by atoms with Crippen LogP contribution in [-0.4, -0.2) is 47.0 Å². The van der Waals surface area contributed by atoms with Crippen molar-refractivity contribution in [3.05, 3.63) is 65.4 Å². The summed E-state index contributed by atoms with van der Waals surface area (Å²) in [6, 6.07) is 12.3. The third kappa shape index (κ3) is 3.46. The van der Waals surface area contributed by atoms with Crippen LogP contribution in [0.25, 0.3) is 10.6 Å². The van der Waals surface area contributed by atoms with Crippen molar-refractivity contribution in [1.82, 2.24) is 14.9 Å². The molecule has 132 valence electrons. The number of nitrogens with zero attached hydrogens (tertiary/aromatic N) is 4. The van der Waals surface area contributed by atoms with E-state index in [0.29, 0.717) is 18.8 Å². The monoisotopic (exact) mass is 364 g/mol. The lowest BCUT2D eigenvalue weighted by molar-refractivity contribution is 0.0742. The number of benzene rings is 1. The van der Waals surface area contributed by atoms with Gasteiger partial charge in [0.15, 0.2) is 0 Å². The summed E-state index contributed by atoms with van der Waals surface area (Å²) in [5.41, 5.74) is 3.95. The molecule has 2 aromatic heterocycles. The first kappa shape index (κ1) is 16.7. The van der Waals surface area contributed by atoms with Crippen LogP contribution in [0.2, 0.25) is 0 Å².